The lowest BCUT2D eigenvalue weighted by molar-refractivity contribution is -0.114. The Balaban J connectivity index is 1.48. The van der Waals surface area contributed by atoms with Gasteiger partial charge in [0.15, 0.2) is 0 Å². The second-order valence-corrected chi connectivity index (χ2v) is 18.5. The van der Waals surface area contributed by atoms with Crippen molar-refractivity contribution in [1.82, 2.24) is 0 Å². The highest BCUT2D eigenvalue weighted by Crippen LogP contribution is 2.48. The van der Waals surface area contributed by atoms with E-state index >= 15 is 9.59 Å². The van der Waals surface area contributed by atoms with E-state index in [1.807, 2.05) is 34.1 Å². The van der Waals surface area contributed by atoms with Crippen LogP contribution in [0.25, 0.3) is 11.1 Å². The maximum Gasteiger partial charge on any atom is 0.494 e. The summed E-state index contributed by atoms with van der Waals surface area (Å²) in [4.78, 5) is 34.0. The quantitative estimate of drug-likeness (QED) is 0.103. The number of rotatable bonds is 15. The van der Waals surface area contributed by atoms with Crippen molar-refractivity contribution < 1.29 is 28.2 Å². The van der Waals surface area contributed by atoms with Crippen LogP contribution in [-0.4, -0.2) is 61.5 Å². The molecule has 4 aliphatic rings. The average Bonchev–Trinajstić information content (AvgIpc) is 3.72. The highest BCUT2D eigenvalue weighted by atomic mass is 16.7. The zero-order chi connectivity index (χ0) is 40.1. The van der Waals surface area contributed by atoms with Crippen molar-refractivity contribution in [3.63, 3.8) is 0 Å². The van der Waals surface area contributed by atoms with Crippen LogP contribution in [0.1, 0.15) is 152 Å². The van der Waals surface area contributed by atoms with Crippen LogP contribution in [0, 0.1) is 11.8 Å². The molecule has 6 rings (SSSR count). The molecule has 2 aromatic carbocycles. The second-order valence-electron chi connectivity index (χ2n) is 18.5. The molecule has 2 fully saturated rings. The molecule has 0 aromatic heterocycles. The van der Waals surface area contributed by atoms with Gasteiger partial charge in [-0.15, -0.1) is 0 Å². The van der Waals surface area contributed by atoms with Crippen molar-refractivity contribution in [2.75, 3.05) is 22.9 Å². The van der Waals surface area contributed by atoms with E-state index in [1.54, 1.807) is 0 Å². The summed E-state index contributed by atoms with van der Waals surface area (Å²) in [5.74, 6) is 0.444. The van der Waals surface area contributed by atoms with Gasteiger partial charge in [0.05, 0.1) is 44.9 Å². The summed E-state index contributed by atoms with van der Waals surface area (Å²) in [6.07, 6.45) is 9.72. The minimum Gasteiger partial charge on any atom is -0.399 e. The van der Waals surface area contributed by atoms with Crippen LogP contribution in [0.2, 0.25) is 0 Å². The summed E-state index contributed by atoms with van der Waals surface area (Å²) in [7, 11) is -1.13. The molecule has 2 saturated heterocycles. The van der Waals surface area contributed by atoms with E-state index < -0.39 is 36.6 Å². The summed E-state index contributed by atoms with van der Waals surface area (Å²) in [6, 6.07) is 12.2. The topological polar surface area (TPSA) is 77.5 Å². The molecule has 0 aliphatic carbocycles. The van der Waals surface area contributed by atoms with Gasteiger partial charge in [-0.25, -0.2) is 0 Å². The number of hydrogen-bond donors (Lipinski definition) is 0. The number of carbonyl (C=O) groups is 2. The highest BCUT2D eigenvalue weighted by Gasteiger charge is 2.54. The van der Waals surface area contributed by atoms with Crippen molar-refractivity contribution in [3.05, 3.63) is 47.5 Å². The van der Waals surface area contributed by atoms with E-state index in [0.717, 1.165) is 84.8 Å². The van der Waals surface area contributed by atoms with Gasteiger partial charge in [-0.1, -0.05) is 96.9 Å². The molecule has 10 heteroatoms. The smallest absolute Gasteiger partial charge is 0.399 e. The zero-order valence-corrected chi connectivity index (χ0v) is 35.9. The molecule has 55 heavy (non-hydrogen) atoms. The molecule has 2 atom stereocenters. The van der Waals surface area contributed by atoms with E-state index in [2.05, 4.69) is 95.2 Å². The molecule has 2 amide bonds. The SMILES string of the molecule is CCCCCC(CC)CN1C(=O)/C(=C2/C(=O)N(CC(CC)CCCC)c3cc(B4OC(C)(C)C(C)(C)O4)ccc32)c2ccc(B3OC(C)(C)C(C)(C)O3)cc21. The lowest BCUT2D eigenvalue weighted by Crippen LogP contribution is -2.41. The van der Waals surface area contributed by atoms with Gasteiger partial charge in [0.25, 0.3) is 11.8 Å². The Morgan fingerprint density at radius 2 is 0.909 bits per heavy atom. The molecule has 0 bridgehead atoms. The van der Waals surface area contributed by atoms with Gasteiger partial charge in [-0.2, -0.15) is 0 Å². The first-order chi connectivity index (χ1) is 25.9. The first kappa shape index (κ1) is 41.7. The molecule has 0 N–H and O–H groups in total. The Morgan fingerprint density at radius 1 is 0.545 bits per heavy atom. The van der Waals surface area contributed by atoms with Gasteiger partial charge in [-0.3, -0.25) is 9.59 Å². The Labute approximate surface area is 332 Å². The van der Waals surface area contributed by atoms with Crippen molar-refractivity contribution in [2.45, 2.75) is 163 Å². The van der Waals surface area contributed by atoms with Crippen LogP contribution < -0.4 is 20.7 Å². The first-order valence-corrected chi connectivity index (χ1v) is 21.3. The monoisotopic (exact) mass is 753 g/mol. The molecule has 298 valence electrons. The molecular weight excluding hydrogens is 686 g/mol. The minimum atomic E-state index is -0.567. The van der Waals surface area contributed by atoms with Crippen LogP contribution in [0.4, 0.5) is 11.4 Å². The third kappa shape index (κ3) is 7.74. The Hall–Kier alpha value is -2.91. The second kappa shape index (κ2) is 15.8. The summed E-state index contributed by atoms with van der Waals surface area (Å²) in [5.41, 5.74) is 3.94. The van der Waals surface area contributed by atoms with Crippen LogP contribution in [0.5, 0.6) is 0 Å². The van der Waals surface area contributed by atoms with Gasteiger partial charge >= 0.3 is 14.2 Å². The normalized spacial score (nSPS) is 23.2. The number of hydrogen-bond acceptors (Lipinski definition) is 6. The van der Waals surface area contributed by atoms with E-state index in [0.29, 0.717) is 36.1 Å². The van der Waals surface area contributed by atoms with Crippen molar-refractivity contribution in [1.29, 1.82) is 0 Å². The maximum atomic E-state index is 15.1. The summed E-state index contributed by atoms with van der Waals surface area (Å²) in [5, 5.41) is 0. The fourth-order valence-electron chi connectivity index (χ4n) is 8.32. The zero-order valence-electron chi connectivity index (χ0n) is 35.9. The standard InChI is InChI=1S/C45H66B2N2O6/c1-13-17-19-21-31(16-4)29-49-37-27-33(47-54-44(9,10)45(11,12)55-47)23-25-35(37)39(41(49)51)38-34-24-22-32(46-52-42(5,6)43(7,8)53-46)26-36(34)48(40(38)50)28-30(15-3)20-18-14-2/h22-27,30-31H,13-21,28-29H2,1-12H3/b39-38+. The average molecular weight is 753 g/mol. The molecule has 8 nitrogen and oxygen atoms in total. The molecule has 2 unspecified atom stereocenters. The fourth-order valence-corrected chi connectivity index (χ4v) is 8.32. The van der Waals surface area contributed by atoms with Gasteiger partial charge in [0.1, 0.15) is 0 Å². The van der Waals surface area contributed by atoms with E-state index in [9.17, 15) is 0 Å². The lowest BCUT2D eigenvalue weighted by Gasteiger charge is -2.32. The number of amides is 2. The molecule has 4 heterocycles. The number of carbonyl (C=O) groups excluding carboxylic acids is 2. The highest BCUT2D eigenvalue weighted by molar-refractivity contribution is 6.63. The minimum absolute atomic E-state index is 0.112. The van der Waals surface area contributed by atoms with Crippen LogP contribution in [0.15, 0.2) is 36.4 Å². The maximum absolute atomic E-state index is 15.1. The van der Waals surface area contributed by atoms with Crippen LogP contribution in [0.3, 0.4) is 0 Å². The van der Waals surface area contributed by atoms with Crippen molar-refractivity contribution in [2.24, 2.45) is 11.8 Å². The number of benzene rings is 2. The molecule has 2 aromatic rings. The van der Waals surface area contributed by atoms with Crippen molar-refractivity contribution >= 4 is 59.5 Å². The predicted octanol–water partition coefficient (Wildman–Crippen LogP) is 8.71. The van der Waals surface area contributed by atoms with E-state index in [1.165, 1.54) is 6.42 Å². The van der Waals surface area contributed by atoms with Gasteiger partial charge in [-0.05, 0) is 103 Å². The predicted molar refractivity (Wildman–Crippen MR) is 227 cm³/mol. The number of unbranched alkanes of at least 4 members (excludes halogenated alkanes) is 3. The van der Waals surface area contributed by atoms with E-state index in [-0.39, 0.29) is 11.8 Å². The fraction of sp³-hybridized carbons (Fsp3) is 0.644. The number of nitrogens with zero attached hydrogens (tertiary/aromatic N) is 2. The molecule has 0 spiro atoms. The van der Waals surface area contributed by atoms with Gasteiger partial charge < -0.3 is 28.4 Å². The molecule has 0 radical (unpaired) electrons. The first-order valence-electron chi connectivity index (χ1n) is 21.3. The molecular formula is C45H66B2N2O6. The van der Waals surface area contributed by atoms with Gasteiger partial charge in [0.2, 0.25) is 0 Å². The van der Waals surface area contributed by atoms with Crippen LogP contribution >= 0.6 is 0 Å². The van der Waals surface area contributed by atoms with E-state index in [4.69, 9.17) is 18.6 Å². The molecule has 4 aliphatic heterocycles. The van der Waals surface area contributed by atoms with Crippen LogP contribution in [-0.2, 0) is 28.2 Å². The van der Waals surface area contributed by atoms with Gasteiger partial charge in [0, 0.05) is 24.2 Å². The number of anilines is 2. The Kier molecular flexibility index (Phi) is 12.0. The Bertz CT molecular complexity index is 1770. The summed E-state index contributed by atoms with van der Waals surface area (Å²) < 4.78 is 25.9. The third-order valence-corrected chi connectivity index (χ3v) is 13.6. The largest absolute Gasteiger partial charge is 0.494 e. The number of fused-ring (bicyclic) bond motifs is 2. The lowest BCUT2D eigenvalue weighted by atomic mass is 9.77. The summed E-state index contributed by atoms with van der Waals surface area (Å²) in [6.45, 7) is 26.5. The summed E-state index contributed by atoms with van der Waals surface area (Å²) >= 11 is 0. The third-order valence-electron chi connectivity index (χ3n) is 13.6. The molecule has 0 saturated carbocycles. The Morgan fingerprint density at radius 3 is 1.25 bits per heavy atom. The van der Waals surface area contributed by atoms with Crippen molar-refractivity contribution in [3.8, 4) is 0 Å².